The van der Waals surface area contributed by atoms with E-state index in [0.29, 0.717) is 12.0 Å². The third-order valence-corrected chi connectivity index (χ3v) is 3.98. The van der Waals surface area contributed by atoms with Gasteiger partial charge in [0.1, 0.15) is 0 Å². The molecule has 0 aromatic rings. The molecule has 1 fully saturated rings. The molecule has 3 rings (SSSR count). The maximum atomic E-state index is 10.8. The summed E-state index contributed by atoms with van der Waals surface area (Å²) in [5.74, 6) is 0.407. The Morgan fingerprint density at radius 1 is 1.41 bits per heavy atom. The summed E-state index contributed by atoms with van der Waals surface area (Å²) < 4.78 is 0. The molecule has 0 spiro atoms. The van der Waals surface area contributed by atoms with E-state index in [-0.39, 0.29) is 10.6 Å². The minimum atomic E-state index is -0.292. The van der Waals surface area contributed by atoms with Crippen molar-refractivity contribution in [2.24, 2.45) is 5.92 Å². The molecular formula is C13H16N2O2. The molecule has 2 atom stereocenters. The number of allylic oxidation sites excluding steroid dienone is 4. The molecule has 3 aliphatic rings. The van der Waals surface area contributed by atoms with Gasteiger partial charge in [0.2, 0.25) is 0 Å². The molecule has 1 aliphatic heterocycles. The van der Waals surface area contributed by atoms with Gasteiger partial charge in [0.25, 0.3) is 5.70 Å². The Labute approximate surface area is 100 Å². The van der Waals surface area contributed by atoms with Gasteiger partial charge in [0.15, 0.2) is 0 Å². The topological polar surface area (TPSA) is 55.2 Å². The van der Waals surface area contributed by atoms with Gasteiger partial charge in [-0.15, -0.1) is 0 Å². The Bertz CT molecular complexity index is 448. The Hall–Kier alpha value is -1.42. The lowest BCUT2D eigenvalue weighted by Crippen LogP contribution is -2.40. The van der Waals surface area contributed by atoms with Crippen LogP contribution in [0.5, 0.6) is 0 Å². The van der Waals surface area contributed by atoms with Gasteiger partial charge in [-0.05, 0) is 43.4 Å². The van der Waals surface area contributed by atoms with E-state index in [1.165, 1.54) is 11.1 Å². The Morgan fingerprint density at radius 3 is 3.12 bits per heavy atom. The number of fused-ring (bicyclic) bond motifs is 2. The maximum absolute atomic E-state index is 10.8. The van der Waals surface area contributed by atoms with Crippen molar-refractivity contribution in [3.8, 4) is 0 Å². The lowest BCUT2D eigenvalue weighted by molar-refractivity contribution is -0.419. The zero-order valence-corrected chi connectivity index (χ0v) is 9.69. The number of rotatable bonds is 1. The highest BCUT2D eigenvalue weighted by Crippen LogP contribution is 2.38. The molecule has 0 saturated carbocycles. The minimum absolute atomic E-state index is 0.231. The average molecular weight is 232 g/mol. The van der Waals surface area contributed by atoms with Crippen molar-refractivity contribution < 1.29 is 4.92 Å². The fourth-order valence-corrected chi connectivity index (χ4v) is 3.15. The van der Waals surface area contributed by atoms with Crippen LogP contribution in [0.4, 0.5) is 0 Å². The van der Waals surface area contributed by atoms with Gasteiger partial charge >= 0.3 is 0 Å². The third-order valence-electron chi connectivity index (χ3n) is 3.98. The monoisotopic (exact) mass is 232 g/mol. The second-order valence-corrected chi connectivity index (χ2v) is 4.96. The average Bonchev–Trinajstić information content (AvgIpc) is 2.38. The van der Waals surface area contributed by atoms with Gasteiger partial charge in [-0.1, -0.05) is 6.08 Å². The summed E-state index contributed by atoms with van der Waals surface area (Å²) >= 11 is 0. The first kappa shape index (κ1) is 10.7. The van der Waals surface area contributed by atoms with Gasteiger partial charge in [-0.3, -0.25) is 10.1 Å². The second-order valence-electron chi connectivity index (χ2n) is 4.96. The number of nitrogens with one attached hydrogen (secondary N) is 1. The standard InChI is InChI=1S/C13H16N2O2/c16-15(17)10-5-3-9-4-6-13-11(12(9)8-10)2-1-7-14-13/h3,5,8-9,13-14H,1-2,4,6-7H2/t9?,13-/m0/s1. The Morgan fingerprint density at radius 2 is 2.29 bits per heavy atom. The van der Waals surface area contributed by atoms with Crippen molar-refractivity contribution in [2.75, 3.05) is 6.54 Å². The highest BCUT2D eigenvalue weighted by Gasteiger charge is 2.31. The van der Waals surface area contributed by atoms with E-state index in [0.717, 1.165) is 32.2 Å². The summed E-state index contributed by atoms with van der Waals surface area (Å²) in [7, 11) is 0. The van der Waals surface area contributed by atoms with Crippen molar-refractivity contribution in [2.45, 2.75) is 31.7 Å². The number of nitrogens with zero attached hydrogens (tertiary/aromatic N) is 1. The fourth-order valence-electron chi connectivity index (χ4n) is 3.15. The first-order chi connectivity index (χ1) is 8.25. The molecule has 90 valence electrons. The lowest BCUT2D eigenvalue weighted by atomic mass is 9.75. The number of hydrogen-bond donors (Lipinski definition) is 1. The van der Waals surface area contributed by atoms with E-state index in [9.17, 15) is 10.1 Å². The molecule has 1 heterocycles. The maximum Gasteiger partial charge on any atom is 0.269 e. The molecule has 1 unspecified atom stereocenters. The second kappa shape index (κ2) is 4.11. The summed E-state index contributed by atoms with van der Waals surface area (Å²) in [5, 5.41) is 14.4. The van der Waals surface area contributed by atoms with Crippen LogP contribution in [0.1, 0.15) is 25.7 Å². The molecule has 0 radical (unpaired) electrons. The van der Waals surface area contributed by atoms with Crippen LogP contribution in [0.25, 0.3) is 0 Å². The van der Waals surface area contributed by atoms with E-state index in [2.05, 4.69) is 5.32 Å². The van der Waals surface area contributed by atoms with Crippen LogP contribution in [-0.2, 0) is 0 Å². The first-order valence-corrected chi connectivity index (χ1v) is 6.26. The van der Waals surface area contributed by atoms with E-state index in [4.69, 9.17) is 0 Å². The Balaban J connectivity index is 2.01. The van der Waals surface area contributed by atoms with Crippen LogP contribution < -0.4 is 5.32 Å². The molecule has 0 amide bonds. The van der Waals surface area contributed by atoms with Crippen LogP contribution in [0.2, 0.25) is 0 Å². The molecule has 4 nitrogen and oxygen atoms in total. The predicted molar refractivity (Wildman–Crippen MR) is 65.0 cm³/mol. The zero-order chi connectivity index (χ0) is 11.8. The van der Waals surface area contributed by atoms with Crippen LogP contribution in [0.3, 0.4) is 0 Å². The highest BCUT2D eigenvalue weighted by atomic mass is 16.6. The van der Waals surface area contributed by atoms with Crippen LogP contribution >= 0.6 is 0 Å². The number of piperidine rings is 1. The summed E-state index contributed by atoms with van der Waals surface area (Å²) in [6, 6.07) is 0.464. The zero-order valence-electron chi connectivity index (χ0n) is 9.69. The van der Waals surface area contributed by atoms with E-state index >= 15 is 0 Å². The molecule has 1 N–H and O–H groups in total. The lowest BCUT2D eigenvalue weighted by Gasteiger charge is -2.36. The van der Waals surface area contributed by atoms with Crippen LogP contribution in [0, 0.1) is 16.0 Å². The van der Waals surface area contributed by atoms with Crippen LogP contribution in [-0.4, -0.2) is 17.5 Å². The third kappa shape index (κ3) is 1.82. The molecule has 1 saturated heterocycles. The molecule has 17 heavy (non-hydrogen) atoms. The highest BCUT2D eigenvalue weighted by molar-refractivity contribution is 5.43. The molecule has 0 aromatic carbocycles. The van der Waals surface area contributed by atoms with Crippen molar-refractivity contribution >= 4 is 0 Å². The Kier molecular flexibility index (Phi) is 2.59. The normalized spacial score (nSPS) is 31.6. The first-order valence-electron chi connectivity index (χ1n) is 6.26. The van der Waals surface area contributed by atoms with Gasteiger partial charge in [-0.2, -0.15) is 0 Å². The SMILES string of the molecule is O=[N+]([O-])C1=CC2=C3CCCN[C@H]3CCC2C=C1. The molecule has 0 bridgehead atoms. The summed E-state index contributed by atoms with van der Waals surface area (Å²) in [6.45, 7) is 1.08. The molecular weight excluding hydrogens is 216 g/mol. The van der Waals surface area contributed by atoms with Crippen molar-refractivity contribution in [3.63, 3.8) is 0 Å². The molecule has 4 heteroatoms. The number of hydrogen-bond acceptors (Lipinski definition) is 3. The minimum Gasteiger partial charge on any atom is -0.310 e. The number of nitro groups is 1. The van der Waals surface area contributed by atoms with Gasteiger partial charge in [-0.25, -0.2) is 0 Å². The molecule has 0 aromatic heterocycles. The van der Waals surface area contributed by atoms with E-state index < -0.39 is 0 Å². The van der Waals surface area contributed by atoms with E-state index in [1.54, 1.807) is 12.2 Å². The van der Waals surface area contributed by atoms with Crippen molar-refractivity contribution in [1.29, 1.82) is 0 Å². The predicted octanol–water partition coefficient (Wildman–Crippen LogP) is 2.18. The smallest absolute Gasteiger partial charge is 0.269 e. The van der Waals surface area contributed by atoms with Gasteiger partial charge in [0.05, 0.1) is 4.92 Å². The van der Waals surface area contributed by atoms with Crippen molar-refractivity contribution in [3.05, 3.63) is 45.2 Å². The quantitative estimate of drug-likeness (QED) is 0.557. The summed E-state index contributed by atoms with van der Waals surface area (Å²) in [5.41, 5.74) is 2.86. The molecule has 2 aliphatic carbocycles. The van der Waals surface area contributed by atoms with Gasteiger partial charge < -0.3 is 5.32 Å². The summed E-state index contributed by atoms with van der Waals surface area (Å²) in [4.78, 5) is 10.5. The fraction of sp³-hybridized carbons (Fsp3) is 0.538. The largest absolute Gasteiger partial charge is 0.310 e. The van der Waals surface area contributed by atoms with E-state index in [1.807, 2.05) is 6.08 Å². The van der Waals surface area contributed by atoms with Crippen LogP contribution in [0.15, 0.2) is 35.1 Å². The van der Waals surface area contributed by atoms with Gasteiger partial charge in [0, 0.05) is 24.1 Å². The summed E-state index contributed by atoms with van der Waals surface area (Å²) in [6.07, 6.45) is 9.96. The van der Waals surface area contributed by atoms with Crippen molar-refractivity contribution in [1.82, 2.24) is 5.32 Å².